The molecule has 1 unspecified atom stereocenters. The predicted octanol–water partition coefficient (Wildman–Crippen LogP) is 3.46. The van der Waals surface area contributed by atoms with Gasteiger partial charge >= 0.3 is 0 Å². The van der Waals surface area contributed by atoms with Crippen molar-refractivity contribution >= 4 is 22.6 Å². The minimum atomic E-state index is -0.950. The highest BCUT2D eigenvalue weighted by Crippen LogP contribution is 2.25. The van der Waals surface area contributed by atoms with Gasteiger partial charge in [0.05, 0.1) is 6.04 Å². The van der Waals surface area contributed by atoms with Crippen molar-refractivity contribution in [2.75, 3.05) is 0 Å². The van der Waals surface area contributed by atoms with Gasteiger partial charge in [-0.15, -0.1) is 0 Å². The van der Waals surface area contributed by atoms with E-state index in [0.717, 1.165) is 9.13 Å². The number of hydrogen-bond acceptors (Lipinski definition) is 2. The van der Waals surface area contributed by atoms with Crippen LogP contribution in [0.2, 0.25) is 0 Å². The van der Waals surface area contributed by atoms with E-state index in [1.54, 1.807) is 0 Å². The Kier molecular flexibility index (Phi) is 5.00. The molecule has 0 saturated carbocycles. The molecule has 6 heteroatoms. The second kappa shape index (κ2) is 6.55. The third kappa shape index (κ3) is 3.50. The fourth-order valence-electron chi connectivity index (χ4n) is 1.99. The number of nitrogens with two attached hydrogens (primary N) is 1. The van der Waals surface area contributed by atoms with Gasteiger partial charge < -0.3 is 0 Å². The maximum absolute atomic E-state index is 13.7. The molecular weight excluding hydrogens is 380 g/mol. The van der Waals surface area contributed by atoms with Crippen molar-refractivity contribution in [1.82, 2.24) is 5.43 Å². The predicted molar refractivity (Wildman–Crippen MR) is 79.2 cm³/mol. The maximum atomic E-state index is 13.7. The summed E-state index contributed by atoms with van der Waals surface area (Å²) in [6.45, 7) is 0. The monoisotopic (exact) mass is 392 g/mol. The maximum Gasteiger partial charge on any atom is 0.133 e. The number of hydrogen-bond donors (Lipinski definition) is 2. The number of benzene rings is 2. The summed E-state index contributed by atoms with van der Waals surface area (Å²) in [7, 11) is 0. The van der Waals surface area contributed by atoms with Crippen molar-refractivity contribution in [3.05, 3.63) is 68.5 Å². The summed E-state index contributed by atoms with van der Waals surface area (Å²) in [5, 5.41) is 0. The first-order valence-corrected chi connectivity index (χ1v) is 6.94. The third-order valence-corrected chi connectivity index (χ3v) is 3.67. The van der Waals surface area contributed by atoms with Crippen LogP contribution < -0.4 is 11.3 Å². The molecule has 0 heterocycles. The lowest BCUT2D eigenvalue weighted by Gasteiger charge is -2.18. The first kappa shape index (κ1) is 15.3. The van der Waals surface area contributed by atoms with Gasteiger partial charge in [0.2, 0.25) is 0 Å². The summed E-state index contributed by atoms with van der Waals surface area (Å²) in [5.41, 5.74) is 2.99. The summed E-state index contributed by atoms with van der Waals surface area (Å²) >= 11 is 2.16. The second-order valence-corrected chi connectivity index (χ2v) is 5.58. The van der Waals surface area contributed by atoms with Gasteiger partial charge in [-0.05, 0) is 46.7 Å². The lowest BCUT2D eigenvalue weighted by atomic mass is 9.98. The van der Waals surface area contributed by atoms with Crippen LogP contribution in [0, 0.1) is 21.0 Å². The van der Waals surface area contributed by atoms with E-state index >= 15 is 0 Å². The van der Waals surface area contributed by atoms with Crippen molar-refractivity contribution in [2.24, 2.45) is 5.84 Å². The molecule has 0 bridgehead atoms. The zero-order chi connectivity index (χ0) is 14.7. The average Bonchev–Trinajstić information content (AvgIpc) is 2.38. The molecule has 0 spiro atoms. The summed E-state index contributed by atoms with van der Waals surface area (Å²) in [6.07, 6.45) is 0.299. The summed E-state index contributed by atoms with van der Waals surface area (Å²) in [4.78, 5) is 0. The van der Waals surface area contributed by atoms with E-state index < -0.39 is 23.5 Å². The Morgan fingerprint density at radius 3 is 2.10 bits per heavy atom. The lowest BCUT2D eigenvalue weighted by Crippen LogP contribution is -2.31. The molecule has 2 nitrogen and oxygen atoms in total. The quantitative estimate of drug-likeness (QED) is 0.475. The van der Waals surface area contributed by atoms with E-state index in [1.165, 1.54) is 0 Å². The molecule has 2 aromatic rings. The minimum Gasteiger partial charge on any atom is -0.271 e. The van der Waals surface area contributed by atoms with E-state index in [9.17, 15) is 13.2 Å². The van der Waals surface area contributed by atoms with Crippen LogP contribution in [-0.4, -0.2) is 0 Å². The van der Waals surface area contributed by atoms with Crippen molar-refractivity contribution in [3.8, 4) is 0 Å². The fourth-order valence-corrected chi connectivity index (χ4v) is 2.35. The second-order valence-electron chi connectivity index (χ2n) is 4.33. The van der Waals surface area contributed by atoms with Crippen LogP contribution in [0.5, 0.6) is 0 Å². The fraction of sp³-hybridized carbons (Fsp3) is 0.143. The molecule has 2 aromatic carbocycles. The molecule has 0 fully saturated rings. The molecule has 1 atom stereocenters. The molecular formula is C14H12F3IN2. The Morgan fingerprint density at radius 1 is 1.05 bits per heavy atom. The Morgan fingerprint density at radius 2 is 1.60 bits per heavy atom. The van der Waals surface area contributed by atoms with Crippen LogP contribution in [-0.2, 0) is 6.42 Å². The van der Waals surface area contributed by atoms with Crippen molar-refractivity contribution in [1.29, 1.82) is 0 Å². The zero-order valence-electron chi connectivity index (χ0n) is 10.3. The molecule has 2 rings (SSSR count). The van der Waals surface area contributed by atoms with Crippen LogP contribution in [0.25, 0.3) is 0 Å². The standard InChI is InChI=1S/C14H12F3IN2/c15-9-6-11(16)14(12(17)7-9)13(20-19)5-8-1-3-10(18)4-2-8/h1-4,6-7,13,20H,5,19H2. The molecule has 0 saturated heterocycles. The molecule has 20 heavy (non-hydrogen) atoms. The van der Waals surface area contributed by atoms with E-state index in [1.807, 2.05) is 24.3 Å². The minimum absolute atomic E-state index is 0.257. The smallest absolute Gasteiger partial charge is 0.133 e. The average molecular weight is 392 g/mol. The third-order valence-electron chi connectivity index (χ3n) is 2.95. The number of rotatable bonds is 4. The largest absolute Gasteiger partial charge is 0.271 e. The summed E-state index contributed by atoms with van der Waals surface area (Å²) in [6, 6.07) is 8.02. The van der Waals surface area contributed by atoms with E-state index in [-0.39, 0.29) is 5.56 Å². The number of nitrogens with one attached hydrogen (secondary N) is 1. The van der Waals surface area contributed by atoms with Gasteiger partial charge in [0, 0.05) is 21.3 Å². The van der Waals surface area contributed by atoms with Gasteiger partial charge in [-0.3, -0.25) is 11.3 Å². The van der Waals surface area contributed by atoms with Crippen LogP contribution in [0.4, 0.5) is 13.2 Å². The van der Waals surface area contributed by atoms with Crippen LogP contribution >= 0.6 is 22.6 Å². The first-order chi connectivity index (χ1) is 9.51. The van der Waals surface area contributed by atoms with Gasteiger partial charge in [-0.1, -0.05) is 12.1 Å². The molecule has 0 radical (unpaired) electrons. The van der Waals surface area contributed by atoms with Gasteiger partial charge in [0.1, 0.15) is 17.5 Å². The van der Waals surface area contributed by atoms with Crippen LogP contribution in [0.1, 0.15) is 17.2 Å². The first-order valence-electron chi connectivity index (χ1n) is 5.86. The highest BCUT2D eigenvalue weighted by molar-refractivity contribution is 14.1. The van der Waals surface area contributed by atoms with E-state index in [0.29, 0.717) is 18.6 Å². The van der Waals surface area contributed by atoms with Gasteiger partial charge in [0.25, 0.3) is 0 Å². The van der Waals surface area contributed by atoms with E-state index in [4.69, 9.17) is 5.84 Å². The van der Waals surface area contributed by atoms with Crippen molar-refractivity contribution in [2.45, 2.75) is 12.5 Å². The number of halogens is 4. The van der Waals surface area contributed by atoms with Gasteiger partial charge in [-0.25, -0.2) is 13.2 Å². The summed E-state index contributed by atoms with van der Waals surface area (Å²) < 4.78 is 41.4. The molecule has 0 amide bonds. The van der Waals surface area contributed by atoms with Gasteiger partial charge in [-0.2, -0.15) is 0 Å². The molecule has 0 aliphatic heterocycles. The van der Waals surface area contributed by atoms with Crippen molar-refractivity contribution < 1.29 is 13.2 Å². The lowest BCUT2D eigenvalue weighted by molar-refractivity contribution is 0.462. The molecule has 106 valence electrons. The van der Waals surface area contributed by atoms with Crippen LogP contribution in [0.15, 0.2) is 36.4 Å². The highest BCUT2D eigenvalue weighted by Gasteiger charge is 2.20. The zero-order valence-corrected chi connectivity index (χ0v) is 12.5. The summed E-state index contributed by atoms with van der Waals surface area (Å²) in [5.74, 6) is 2.53. The molecule has 0 aliphatic carbocycles. The normalized spacial score (nSPS) is 12.4. The molecule has 3 N–H and O–H groups in total. The highest BCUT2D eigenvalue weighted by atomic mass is 127. The number of hydrazine groups is 1. The Labute approximate surface area is 128 Å². The molecule has 0 aromatic heterocycles. The molecule has 0 aliphatic rings. The van der Waals surface area contributed by atoms with Crippen LogP contribution in [0.3, 0.4) is 0 Å². The SMILES string of the molecule is NNC(Cc1ccc(I)cc1)c1c(F)cc(F)cc1F. The van der Waals surface area contributed by atoms with Crippen molar-refractivity contribution in [3.63, 3.8) is 0 Å². The Bertz CT molecular complexity index is 579. The van der Waals surface area contributed by atoms with Gasteiger partial charge in [0.15, 0.2) is 0 Å². The Hall–Kier alpha value is -1.12. The Balaban J connectivity index is 2.31. The van der Waals surface area contributed by atoms with E-state index in [2.05, 4.69) is 28.0 Å². The topological polar surface area (TPSA) is 38.0 Å².